The van der Waals surface area contributed by atoms with E-state index in [1.54, 1.807) is 0 Å². The maximum absolute atomic E-state index is 11.2. The summed E-state index contributed by atoms with van der Waals surface area (Å²) in [5.41, 5.74) is 2.02. The average Bonchev–Trinajstić information content (AvgIpc) is 2.47. The van der Waals surface area contributed by atoms with Crippen molar-refractivity contribution in [2.45, 2.75) is 19.3 Å². The molecule has 110 valence electrons. The minimum Gasteiger partial charge on any atom is -0.396 e. The van der Waals surface area contributed by atoms with Crippen molar-refractivity contribution in [3.63, 3.8) is 0 Å². The smallest absolute Gasteiger partial charge is 0.354 e. The minimum absolute atomic E-state index is 0.00396. The Labute approximate surface area is 115 Å². The third kappa shape index (κ3) is 2.94. The molecule has 0 amide bonds. The Kier molecular flexibility index (Phi) is 4.64. The van der Waals surface area contributed by atoms with E-state index in [-0.39, 0.29) is 23.9 Å². The van der Waals surface area contributed by atoms with E-state index in [2.05, 4.69) is 15.4 Å². The Morgan fingerprint density at radius 1 is 1.60 bits per heavy atom. The molecule has 0 aliphatic carbocycles. The predicted octanol–water partition coefficient (Wildman–Crippen LogP) is 0.269. The summed E-state index contributed by atoms with van der Waals surface area (Å²) in [4.78, 5) is 20.4. The number of nitrogen functional groups attached to an aromatic ring is 1. The van der Waals surface area contributed by atoms with Gasteiger partial charge in [-0.15, -0.1) is 0 Å². The molecule has 1 saturated heterocycles. The van der Waals surface area contributed by atoms with Crippen molar-refractivity contribution in [3.05, 3.63) is 16.4 Å². The second-order valence-electron chi connectivity index (χ2n) is 4.76. The lowest BCUT2D eigenvalue weighted by atomic mass is 9.95. The molecule has 4 N–H and O–H groups in total. The van der Waals surface area contributed by atoms with Crippen molar-refractivity contribution in [2.75, 3.05) is 30.0 Å². The van der Waals surface area contributed by atoms with Gasteiger partial charge in [0.05, 0.1) is 4.92 Å². The lowest BCUT2D eigenvalue weighted by Gasteiger charge is -2.33. The quantitative estimate of drug-likeness (QED) is 0.398. The maximum atomic E-state index is 11.2. The third-order valence-electron chi connectivity index (χ3n) is 3.48. The summed E-state index contributed by atoms with van der Waals surface area (Å²) in [6.07, 6.45) is 3.87. The van der Waals surface area contributed by atoms with E-state index in [0.717, 1.165) is 12.8 Å². The molecular weight excluding hydrogens is 264 g/mol. The zero-order chi connectivity index (χ0) is 14.5. The fourth-order valence-corrected chi connectivity index (χ4v) is 2.55. The Morgan fingerprint density at radius 3 is 3.05 bits per heavy atom. The number of hydrazine groups is 1. The van der Waals surface area contributed by atoms with Crippen LogP contribution in [0.5, 0.6) is 0 Å². The molecule has 1 unspecified atom stereocenters. The summed E-state index contributed by atoms with van der Waals surface area (Å²) in [6, 6.07) is 0. The summed E-state index contributed by atoms with van der Waals surface area (Å²) in [7, 11) is 0. The van der Waals surface area contributed by atoms with Crippen LogP contribution in [0.3, 0.4) is 0 Å². The highest BCUT2D eigenvalue weighted by Gasteiger charge is 2.29. The van der Waals surface area contributed by atoms with Crippen molar-refractivity contribution < 1.29 is 10.0 Å². The number of rotatable bonds is 5. The summed E-state index contributed by atoms with van der Waals surface area (Å²) in [6.45, 7) is 1.46. The van der Waals surface area contributed by atoms with Gasteiger partial charge in [-0.1, -0.05) is 0 Å². The van der Waals surface area contributed by atoms with E-state index in [0.29, 0.717) is 25.4 Å². The number of aliphatic hydroxyl groups is 1. The highest BCUT2D eigenvalue weighted by Crippen LogP contribution is 2.33. The predicted molar refractivity (Wildman–Crippen MR) is 73.1 cm³/mol. The van der Waals surface area contributed by atoms with Crippen LogP contribution in [0.15, 0.2) is 6.33 Å². The second-order valence-corrected chi connectivity index (χ2v) is 4.76. The van der Waals surface area contributed by atoms with Gasteiger partial charge in [-0.2, -0.15) is 0 Å². The molecule has 2 heterocycles. The summed E-state index contributed by atoms with van der Waals surface area (Å²) in [5.74, 6) is 5.87. The van der Waals surface area contributed by atoms with Gasteiger partial charge in [0.2, 0.25) is 11.6 Å². The largest absolute Gasteiger partial charge is 0.396 e. The molecule has 1 aliphatic heterocycles. The molecule has 2 rings (SSSR count). The van der Waals surface area contributed by atoms with E-state index in [4.69, 9.17) is 10.9 Å². The minimum atomic E-state index is -0.528. The molecule has 1 atom stereocenters. The highest BCUT2D eigenvalue weighted by molar-refractivity contribution is 5.69. The molecule has 0 spiro atoms. The Morgan fingerprint density at radius 2 is 2.40 bits per heavy atom. The zero-order valence-corrected chi connectivity index (χ0v) is 11.0. The van der Waals surface area contributed by atoms with E-state index in [9.17, 15) is 10.1 Å². The molecule has 9 heteroatoms. The average molecular weight is 282 g/mol. The number of piperidine rings is 1. The monoisotopic (exact) mass is 282 g/mol. The van der Waals surface area contributed by atoms with Gasteiger partial charge in [0.15, 0.2) is 0 Å². The number of hydrogen-bond acceptors (Lipinski definition) is 8. The fraction of sp³-hybridized carbons (Fsp3) is 0.636. The van der Waals surface area contributed by atoms with Crippen LogP contribution in [0.25, 0.3) is 0 Å². The van der Waals surface area contributed by atoms with Crippen LogP contribution in [0, 0.1) is 16.0 Å². The molecule has 0 radical (unpaired) electrons. The number of nitrogens with two attached hydrogens (primary N) is 1. The van der Waals surface area contributed by atoms with E-state index in [1.165, 1.54) is 6.33 Å². The SMILES string of the molecule is NNc1ncnc(N2CCCC(CCO)C2)c1[N+](=O)[O-]. The van der Waals surface area contributed by atoms with E-state index >= 15 is 0 Å². The molecule has 0 aromatic carbocycles. The Balaban J connectivity index is 2.29. The van der Waals surface area contributed by atoms with Crippen molar-refractivity contribution in [1.82, 2.24) is 9.97 Å². The van der Waals surface area contributed by atoms with Crippen LogP contribution in [0.1, 0.15) is 19.3 Å². The van der Waals surface area contributed by atoms with Gasteiger partial charge in [0.1, 0.15) is 6.33 Å². The molecule has 1 aromatic heterocycles. The Bertz CT molecular complexity index is 481. The van der Waals surface area contributed by atoms with Gasteiger partial charge >= 0.3 is 5.69 Å². The number of nitro groups is 1. The van der Waals surface area contributed by atoms with Crippen LogP contribution >= 0.6 is 0 Å². The van der Waals surface area contributed by atoms with Crippen LogP contribution in [-0.2, 0) is 0 Å². The number of nitrogens with one attached hydrogen (secondary N) is 1. The normalized spacial score (nSPS) is 18.9. The zero-order valence-electron chi connectivity index (χ0n) is 11.0. The van der Waals surface area contributed by atoms with Crippen LogP contribution in [0.2, 0.25) is 0 Å². The standard InChI is InChI=1S/C11H18N6O3/c12-15-10-9(17(19)20)11(14-7-13-10)16-4-1-2-8(6-16)3-5-18/h7-8,18H,1-6,12H2,(H,13,14,15). The number of aliphatic hydroxyl groups excluding tert-OH is 1. The fourth-order valence-electron chi connectivity index (χ4n) is 2.55. The molecular formula is C11H18N6O3. The maximum Gasteiger partial charge on any atom is 0.354 e. The number of nitrogens with zero attached hydrogens (tertiary/aromatic N) is 4. The molecule has 9 nitrogen and oxygen atoms in total. The Hall–Kier alpha value is -2.00. The van der Waals surface area contributed by atoms with Gasteiger partial charge < -0.3 is 15.4 Å². The van der Waals surface area contributed by atoms with E-state index in [1.807, 2.05) is 4.90 Å². The lowest BCUT2D eigenvalue weighted by molar-refractivity contribution is -0.383. The van der Waals surface area contributed by atoms with Gasteiger partial charge in [-0.05, 0) is 25.2 Å². The molecule has 20 heavy (non-hydrogen) atoms. The topological polar surface area (TPSA) is 130 Å². The third-order valence-corrected chi connectivity index (χ3v) is 3.48. The van der Waals surface area contributed by atoms with Crippen molar-refractivity contribution in [3.8, 4) is 0 Å². The number of aromatic nitrogens is 2. The molecule has 1 aliphatic rings. The van der Waals surface area contributed by atoms with Crippen LogP contribution in [-0.4, -0.2) is 39.7 Å². The van der Waals surface area contributed by atoms with Crippen LogP contribution < -0.4 is 16.2 Å². The molecule has 0 bridgehead atoms. The number of anilines is 2. The first-order chi connectivity index (χ1) is 9.67. The second kappa shape index (κ2) is 6.44. The van der Waals surface area contributed by atoms with Crippen molar-refractivity contribution >= 4 is 17.3 Å². The summed E-state index contributed by atoms with van der Waals surface area (Å²) < 4.78 is 0. The van der Waals surface area contributed by atoms with Crippen LogP contribution in [0.4, 0.5) is 17.3 Å². The van der Waals surface area contributed by atoms with Crippen molar-refractivity contribution in [1.29, 1.82) is 0 Å². The number of hydrogen-bond donors (Lipinski definition) is 3. The highest BCUT2D eigenvalue weighted by atomic mass is 16.6. The van der Waals surface area contributed by atoms with Gasteiger partial charge in [-0.25, -0.2) is 15.8 Å². The molecule has 1 aromatic rings. The van der Waals surface area contributed by atoms with Gasteiger partial charge in [0, 0.05) is 19.7 Å². The van der Waals surface area contributed by atoms with Gasteiger partial charge in [0.25, 0.3) is 0 Å². The molecule has 1 fully saturated rings. The lowest BCUT2D eigenvalue weighted by Crippen LogP contribution is -2.37. The van der Waals surface area contributed by atoms with E-state index < -0.39 is 4.92 Å². The van der Waals surface area contributed by atoms with Crippen molar-refractivity contribution in [2.24, 2.45) is 11.8 Å². The first kappa shape index (κ1) is 14.4. The summed E-state index contributed by atoms with van der Waals surface area (Å²) >= 11 is 0. The first-order valence-corrected chi connectivity index (χ1v) is 6.49. The first-order valence-electron chi connectivity index (χ1n) is 6.49. The van der Waals surface area contributed by atoms with Gasteiger partial charge in [-0.3, -0.25) is 10.1 Å². The molecule has 0 saturated carbocycles. The summed E-state index contributed by atoms with van der Waals surface area (Å²) in [5, 5.41) is 20.2.